The Morgan fingerprint density at radius 1 is 0.875 bits per heavy atom. The number of hydrogen-bond donors (Lipinski definition) is 1. The van der Waals surface area contributed by atoms with Crippen LogP contribution in [0.2, 0.25) is 0 Å². The largest absolute Gasteiger partial charge is 0.416 e. The van der Waals surface area contributed by atoms with Gasteiger partial charge in [0.1, 0.15) is 5.54 Å². The van der Waals surface area contributed by atoms with Gasteiger partial charge in [-0.1, -0.05) is 61.7 Å². The van der Waals surface area contributed by atoms with E-state index in [0.29, 0.717) is 37.4 Å². The summed E-state index contributed by atoms with van der Waals surface area (Å²) >= 11 is 0. The van der Waals surface area contributed by atoms with Gasteiger partial charge >= 0.3 is 6.18 Å². The zero-order valence-electron chi connectivity index (χ0n) is 22.3. The Morgan fingerprint density at radius 2 is 1.57 bits per heavy atom. The Kier molecular flexibility index (Phi) is 6.97. The van der Waals surface area contributed by atoms with E-state index in [-0.39, 0.29) is 24.3 Å². The number of fused-ring (bicyclic) bond motifs is 2. The first-order valence-corrected chi connectivity index (χ1v) is 14.3. The molecule has 212 valence electrons. The summed E-state index contributed by atoms with van der Waals surface area (Å²) in [5, 5.41) is 3.40. The maximum atomic E-state index is 14.3. The lowest BCUT2D eigenvalue weighted by Gasteiger charge is -2.43. The summed E-state index contributed by atoms with van der Waals surface area (Å²) in [6.07, 6.45) is 2.27. The summed E-state index contributed by atoms with van der Waals surface area (Å²) in [5.74, 6) is -2.27. The van der Waals surface area contributed by atoms with Crippen LogP contribution >= 0.6 is 0 Å². The number of halogens is 3. The second-order valence-corrected chi connectivity index (χ2v) is 11.8. The number of imide groups is 1. The van der Waals surface area contributed by atoms with Gasteiger partial charge in [0.15, 0.2) is 0 Å². The monoisotopic (exact) mass is 553 g/mol. The molecule has 0 bridgehead atoms. The SMILES string of the molecule is O=C1[C@H]2[C@@H](c3ccc(C(F)(F)F)cc3)N[C@]3(CCCN(CC4CCCCC4)C3=O)[C@H]2C(=O)N1Cc1ccccc1. The van der Waals surface area contributed by atoms with Crippen molar-refractivity contribution in [3.8, 4) is 0 Å². The summed E-state index contributed by atoms with van der Waals surface area (Å²) in [6, 6.07) is 13.2. The fourth-order valence-electron chi connectivity index (χ4n) is 7.47. The molecule has 3 aliphatic heterocycles. The molecule has 2 aromatic rings. The number of hydrogen-bond acceptors (Lipinski definition) is 4. The molecule has 4 aliphatic rings. The lowest BCUT2D eigenvalue weighted by molar-refractivity contribution is -0.150. The number of likely N-dealkylation sites (tertiary alicyclic amines) is 2. The van der Waals surface area contributed by atoms with Gasteiger partial charge in [0.2, 0.25) is 17.7 Å². The van der Waals surface area contributed by atoms with Gasteiger partial charge in [0.05, 0.1) is 23.9 Å². The third-order valence-corrected chi connectivity index (χ3v) is 9.40. The lowest BCUT2D eigenvalue weighted by atomic mass is 9.74. The van der Waals surface area contributed by atoms with Crippen molar-refractivity contribution in [2.75, 3.05) is 13.1 Å². The molecule has 1 saturated carbocycles. The second kappa shape index (κ2) is 10.3. The Bertz CT molecular complexity index is 1280. The molecule has 0 aromatic heterocycles. The fraction of sp³-hybridized carbons (Fsp3) is 0.516. The number of benzene rings is 2. The predicted octanol–water partition coefficient (Wildman–Crippen LogP) is 5.09. The summed E-state index contributed by atoms with van der Waals surface area (Å²) in [6.45, 7) is 1.35. The average Bonchev–Trinajstić information content (AvgIpc) is 3.42. The van der Waals surface area contributed by atoms with Crippen molar-refractivity contribution in [2.24, 2.45) is 17.8 Å². The van der Waals surface area contributed by atoms with Crippen LogP contribution in [0.5, 0.6) is 0 Å². The number of carbonyl (C=O) groups excluding carboxylic acids is 3. The van der Waals surface area contributed by atoms with Crippen LogP contribution in [-0.2, 0) is 27.1 Å². The van der Waals surface area contributed by atoms with E-state index in [0.717, 1.165) is 43.4 Å². The zero-order valence-corrected chi connectivity index (χ0v) is 22.3. The van der Waals surface area contributed by atoms with E-state index >= 15 is 0 Å². The first-order chi connectivity index (χ1) is 19.2. The predicted molar refractivity (Wildman–Crippen MR) is 141 cm³/mol. The van der Waals surface area contributed by atoms with E-state index < -0.39 is 35.2 Å². The maximum Gasteiger partial charge on any atom is 0.416 e. The van der Waals surface area contributed by atoms with Crippen LogP contribution < -0.4 is 5.32 Å². The molecule has 0 radical (unpaired) electrons. The molecule has 9 heteroatoms. The van der Waals surface area contributed by atoms with E-state index in [1.807, 2.05) is 35.2 Å². The van der Waals surface area contributed by atoms with Gasteiger partial charge in [-0.25, -0.2) is 0 Å². The normalized spacial score (nSPS) is 29.5. The number of piperidine rings is 1. The zero-order chi connectivity index (χ0) is 28.1. The minimum Gasteiger partial charge on any atom is -0.341 e. The van der Waals surface area contributed by atoms with E-state index in [2.05, 4.69) is 5.32 Å². The van der Waals surface area contributed by atoms with Crippen LogP contribution in [0, 0.1) is 17.8 Å². The van der Waals surface area contributed by atoms with Crippen LogP contribution in [0.25, 0.3) is 0 Å². The average molecular weight is 554 g/mol. The molecule has 4 atom stereocenters. The molecule has 40 heavy (non-hydrogen) atoms. The fourth-order valence-corrected chi connectivity index (χ4v) is 7.47. The van der Waals surface area contributed by atoms with Crippen LogP contribution in [0.4, 0.5) is 13.2 Å². The first-order valence-electron chi connectivity index (χ1n) is 14.3. The Balaban J connectivity index is 1.36. The number of carbonyl (C=O) groups is 3. The molecule has 4 fully saturated rings. The van der Waals surface area contributed by atoms with E-state index in [4.69, 9.17) is 0 Å². The van der Waals surface area contributed by atoms with Crippen LogP contribution in [0.15, 0.2) is 54.6 Å². The van der Waals surface area contributed by atoms with Crippen molar-refractivity contribution < 1.29 is 27.6 Å². The summed E-state index contributed by atoms with van der Waals surface area (Å²) < 4.78 is 39.9. The molecule has 6 rings (SSSR count). The number of rotatable bonds is 5. The Labute approximate surface area is 231 Å². The molecule has 1 aliphatic carbocycles. The second-order valence-electron chi connectivity index (χ2n) is 11.8. The quantitative estimate of drug-likeness (QED) is 0.524. The minimum atomic E-state index is -4.49. The van der Waals surface area contributed by atoms with E-state index in [1.54, 1.807) is 0 Å². The molecule has 6 nitrogen and oxygen atoms in total. The van der Waals surface area contributed by atoms with Gasteiger partial charge in [-0.15, -0.1) is 0 Å². The molecule has 1 spiro atoms. The third-order valence-electron chi connectivity index (χ3n) is 9.40. The highest BCUT2D eigenvalue weighted by Crippen LogP contribution is 2.52. The number of nitrogens with zero attached hydrogens (tertiary/aromatic N) is 2. The van der Waals surface area contributed by atoms with Crippen molar-refractivity contribution in [2.45, 2.75) is 69.2 Å². The smallest absolute Gasteiger partial charge is 0.341 e. The van der Waals surface area contributed by atoms with Gasteiger partial charge in [-0.3, -0.25) is 24.6 Å². The van der Waals surface area contributed by atoms with Gasteiger partial charge in [0, 0.05) is 19.1 Å². The van der Waals surface area contributed by atoms with Gasteiger partial charge in [0.25, 0.3) is 0 Å². The third kappa shape index (κ3) is 4.62. The molecule has 2 aromatic carbocycles. The molecular weight excluding hydrogens is 519 g/mol. The Hall–Kier alpha value is -3.20. The molecule has 3 saturated heterocycles. The van der Waals surface area contributed by atoms with Gasteiger partial charge < -0.3 is 4.90 Å². The van der Waals surface area contributed by atoms with Gasteiger partial charge in [-0.05, 0) is 54.9 Å². The molecule has 3 amide bonds. The van der Waals surface area contributed by atoms with E-state index in [9.17, 15) is 27.6 Å². The van der Waals surface area contributed by atoms with Gasteiger partial charge in [-0.2, -0.15) is 13.2 Å². The van der Waals surface area contributed by atoms with Crippen molar-refractivity contribution >= 4 is 17.7 Å². The van der Waals surface area contributed by atoms with Crippen molar-refractivity contribution in [3.05, 3.63) is 71.3 Å². The highest BCUT2D eigenvalue weighted by molar-refractivity contribution is 6.10. The van der Waals surface area contributed by atoms with Crippen molar-refractivity contribution in [3.63, 3.8) is 0 Å². The standard InChI is InChI=1S/C31H34F3N3O3/c32-31(33,34)23-14-12-22(13-15-23)26-24-25(28(39)37(27(24)38)19-21-10-5-2-6-11-21)30(35-26)16-7-17-36(29(30)40)18-20-8-3-1-4-9-20/h2,5-6,10-15,20,24-26,35H,1,3-4,7-9,16-19H2/t24-,25-,26-,30-/m1/s1. The van der Waals surface area contributed by atoms with E-state index in [1.165, 1.54) is 23.5 Å². The summed E-state index contributed by atoms with van der Waals surface area (Å²) in [5.41, 5.74) is -0.776. The summed E-state index contributed by atoms with van der Waals surface area (Å²) in [7, 11) is 0. The molecule has 3 heterocycles. The van der Waals surface area contributed by atoms with Crippen molar-refractivity contribution in [1.29, 1.82) is 0 Å². The number of nitrogens with one attached hydrogen (secondary N) is 1. The van der Waals surface area contributed by atoms with Crippen LogP contribution in [0.3, 0.4) is 0 Å². The van der Waals surface area contributed by atoms with Crippen molar-refractivity contribution in [1.82, 2.24) is 15.1 Å². The van der Waals surface area contributed by atoms with Crippen LogP contribution in [-0.4, -0.2) is 46.1 Å². The summed E-state index contributed by atoms with van der Waals surface area (Å²) in [4.78, 5) is 45.3. The first kappa shape index (κ1) is 27.0. The lowest BCUT2D eigenvalue weighted by Crippen LogP contribution is -2.64. The van der Waals surface area contributed by atoms with Crippen LogP contribution in [0.1, 0.15) is 67.7 Å². The Morgan fingerprint density at radius 3 is 2.25 bits per heavy atom. The number of amides is 3. The molecular formula is C31H34F3N3O3. The highest BCUT2D eigenvalue weighted by atomic mass is 19.4. The minimum absolute atomic E-state index is 0.0985. The molecule has 1 N–H and O–H groups in total. The molecule has 0 unspecified atom stereocenters. The maximum absolute atomic E-state index is 14.3. The highest BCUT2D eigenvalue weighted by Gasteiger charge is 2.69. The topological polar surface area (TPSA) is 69.7 Å². The number of alkyl halides is 3.